The molecule has 88 heavy (non-hydrogen) atoms. The Hall–Kier alpha value is -9.90. The van der Waals surface area contributed by atoms with Gasteiger partial charge in [0.05, 0.1) is 22.4 Å². The molecule has 0 aliphatic carbocycles. The highest BCUT2D eigenvalue weighted by Gasteiger charge is 2.46. The maximum Gasteiger partial charge on any atom is 0.252 e. The van der Waals surface area contributed by atoms with E-state index in [1.54, 1.807) is 0 Å². The molecule has 0 amide bonds. The number of unbranched alkanes of at least 4 members (excludes halogenated alkanes) is 1. The summed E-state index contributed by atoms with van der Waals surface area (Å²) in [7, 11) is 0. The second kappa shape index (κ2) is 21.8. The standard InChI is InChI=1S/C84H72BN3/c1-8-9-29-62-48-63(57-32-17-11-18-33-57)49-69(58-34-19-12-20-35-58)81(62)88-77-55-66(86-74-42-27-25-40-67(74)68-41-26-28-43-75(68)86)45-46-72(77)85-73-50-61(56-30-15-10-16-31-56)44-47-76(73)87(78-53-65(84(5,6)7)54-79(88)80(78)85)82-70(59-36-21-13-22-37-59)51-64(83(2,3)4)52-71(82)60-38-23-14-24-39-60/h10-28,30-55H,8-9,29H2,1-7H3. The fourth-order valence-corrected chi connectivity index (χ4v) is 14.2. The van der Waals surface area contributed by atoms with Crippen molar-refractivity contribution in [3.05, 3.63) is 290 Å². The molecule has 426 valence electrons. The topological polar surface area (TPSA) is 11.4 Å². The van der Waals surface area contributed by atoms with E-state index in [2.05, 4.69) is 336 Å². The zero-order valence-corrected chi connectivity index (χ0v) is 51.5. The van der Waals surface area contributed by atoms with E-state index in [9.17, 15) is 0 Å². The van der Waals surface area contributed by atoms with Crippen LogP contribution in [-0.4, -0.2) is 11.3 Å². The highest BCUT2D eigenvalue weighted by Crippen LogP contribution is 2.54. The summed E-state index contributed by atoms with van der Waals surface area (Å²) in [5.74, 6) is 0. The molecule has 4 heteroatoms. The predicted molar refractivity (Wildman–Crippen MR) is 378 cm³/mol. The maximum atomic E-state index is 2.75. The monoisotopic (exact) mass is 1130 g/mol. The van der Waals surface area contributed by atoms with Crippen molar-refractivity contribution in [3.63, 3.8) is 0 Å². The highest BCUT2D eigenvalue weighted by atomic mass is 15.2. The van der Waals surface area contributed by atoms with E-state index in [1.807, 2.05) is 0 Å². The van der Waals surface area contributed by atoms with Crippen LogP contribution in [0.5, 0.6) is 0 Å². The molecule has 13 aromatic rings. The largest absolute Gasteiger partial charge is 0.310 e. The molecule has 12 aromatic carbocycles. The molecule has 1 aromatic heterocycles. The number of aromatic nitrogens is 1. The summed E-state index contributed by atoms with van der Waals surface area (Å²) in [6.07, 6.45) is 3.02. The Morgan fingerprint density at radius 3 is 1.31 bits per heavy atom. The molecule has 15 rings (SSSR count). The van der Waals surface area contributed by atoms with Gasteiger partial charge < -0.3 is 14.4 Å². The summed E-state index contributed by atoms with van der Waals surface area (Å²) in [6.45, 7) is 16.4. The van der Waals surface area contributed by atoms with E-state index in [1.165, 1.54) is 145 Å². The third kappa shape index (κ3) is 9.36. The van der Waals surface area contributed by atoms with E-state index in [-0.39, 0.29) is 17.5 Å². The smallest absolute Gasteiger partial charge is 0.252 e. The zero-order valence-electron chi connectivity index (χ0n) is 51.5. The van der Waals surface area contributed by atoms with Gasteiger partial charge in [-0.15, -0.1) is 0 Å². The molecular weight excluding hydrogens is 1060 g/mol. The van der Waals surface area contributed by atoms with E-state index in [0.717, 1.165) is 24.9 Å². The molecule has 0 spiro atoms. The van der Waals surface area contributed by atoms with E-state index in [4.69, 9.17) is 0 Å². The molecule has 2 aliphatic rings. The van der Waals surface area contributed by atoms with Crippen molar-refractivity contribution in [2.45, 2.75) is 78.6 Å². The summed E-state index contributed by atoms with van der Waals surface area (Å²) < 4.78 is 2.51. The van der Waals surface area contributed by atoms with Crippen LogP contribution >= 0.6 is 0 Å². The lowest BCUT2D eigenvalue weighted by Gasteiger charge is -2.46. The Labute approximate surface area is 519 Å². The molecule has 0 fully saturated rings. The quantitative estimate of drug-likeness (QED) is 0.120. The van der Waals surface area contributed by atoms with Gasteiger partial charge in [0, 0.05) is 55.9 Å². The van der Waals surface area contributed by atoms with Crippen LogP contribution in [0.2, 0.25) is 0 Å². The lowest BCUT2D eigenvalue weighted by molar-refractivity contribution is 0.590. The molecule has 0 unspecified atom stereocenters. The molecule has 0 N–H and O–H groups in total. The van der Waals surface area contributed by atoms with Crippen molar-refractivity contribution in [1.82, 2.24) is 4.57 Å². The van der Waals surface area contributed by atoms with Crippen LogP contribution in [0.25, 0.3) is 83.1 Å². The Balaban J connectivity index is 1.13. The van der Waals surface area contributed by atoms with Gasteiger partial charge in [-0.05, 0) is 162 Å². The van der Waals surface area contributed by atoms with Gasteiger partial charge in [0.15, 0.2) is 0 Å². The van der Waals surface area contributed by atoms with Gasteiger partial charge in [0.2, 0.25) is 0 Å². The minimum Gasteiger partial charge on any atom is -0.310 e. The van der Waals surface area contributed by atoms with Gasteiger partial charge in [-0.3, -0.25) is 0 Å². The number of hydrogen-bond donors (Lipinski definition) is 0. The number of fused-ring (bicyclic) bond motifs is 7. The fourth-order valence-electron chi connectivity index (χ4n) is 14.2. The summed E-state index contributed by atoms with van der Waals surface area (Å²) in [5.41, 5.74) is 30.0. The van der Waals surface area contributed by atoms with E-state index >= 15 is 0 Å². The molecule has 3 nitrogen and oxygen atoms in total. The predicted octanol–water partition coefficient (Wildman–Crippen LogP) is 21.1. The number of hydrogen-bond acceptors (Lipinski definition) is 2. The average Bonchev–Trinajstić information content (AvgIpc) is 0.777. The van der Waals surface area contributed by atoms with Crippen LogP contribution in [0.3, 0.4) is 0 Å². The van der Waals surface area contributed by atoms with Crippen molar-refractivity contribution in [2.24, 2.45) is 0 Å². The highest BCUT2D eigenvalue weighted by molar-refractivity contribution is 7.00. The van der Waals surface area contributed by atoms with Crippen LogP contribution < -0.4 is 26.2 Å². The van der Waals surface area contributed by atoms with E-state index < -0.39 is 0 Å². The first-order valence-electron chi connectivity index (χ1n) is 31.6. The molecular formula is C84H72BN3. The van der Waals surface area contributed by atoms with Gasteiger partial charge in [-0.25, -0.2) is 0 Å². The molecule has 0 radical (unpaired) electrons. The van der Waals surface area contributed by atoms with Crippen LogP contribution in [0.1, 0.15) is 78.0 Å². The Morgan fingerprint density at radius 1 is 0.341 bits per heavy atom. The minimum absolute atomic E-state index is 0.142. The summed E-state index contributed by atoms with van der Waals surface area (Å²) in [4.78, 5) is 5.46. The third-order valence-corrected chi connectivity index (χ3v) is 18.6. The summed E-state index contributed by atoms with van der Waals surface area (Å²) >= 11 is 0. The van der Waals surface area contributed by atoms with E-state index in [0.29, 0.717) is 0 Å². The Bertz CT molecular complexity index is 4670. The normalized spacial score (nSPS) is 12.8. The van der Waals surface area contributed by atoms with Crippen molar-refractivity contribution in [2.75, 3.05) is 9.80 Å². The number of benzene rings is 12. The number of aryl methyl sites for hydroxylation is 1. The fraction of sp³-hybridized carbons (Fsp3) is 0.143. The molecule has 0 saturated heterocycles. The van der Waals surface area contributed by atoms with Gasteiger partial charge in [-0.2, -0.15) is 0 Å². The van der Waals surface area contributed by atoms with Crippen LogP contribution in [0, 0.1) is 0 Å². The van der Waals surface area contributed by atoms with Crippen LogP contribution in [0.4, 0.5) is 34.1 Å². The SMILES string of the molecule is CCCCc1cc(-c2ccccc2)cc(-c2ccccc2)c1N1c2cc(-n3c4ccccc4c4ccccc43)ccc2B2c3cc(-c4ccccc4)ccc3N(c3c(-c4ccccc4)cc(C(C)(C)C)cc3-c3ccccc3)c3cc(C(C)(C)C)cc1c32. The molecule has 3 heterocycles. The second-order valence-corrected chi connectivity index (χ2v) is 26.3. The number of rotatable bonds is 11. The first kappa shape index (κ1) is 54.7. The molecule has 0 bridgehead atoms. The molecule has 0 atom stereocenters. The Morgan fingerprint density at radius 2 is 0.795 bits per heavy atom. The van der Waals surface area contributed by atoms with Crippen molar-refractivity contribution in [3.8, 4) is 61.3 Å². The van der Waals surface area contributed by atoms with Crippen LogP contribution in [0.15, 0.2) is 273 Å². The minimum atomic E-state index is -0.258. The van der Waals surface area contributed by atoms with Crippen molar-refractivity contribution >= 4 is 79.0 Å². The Kier molecular flexibility index (Phi) is 13.6. The lowest BCUT2D eigenvalue weighted by Crippen LogP contribution is -2.61. The zero-order chi connectivity index (χ0) is 59.8. The molecule has 2 aliphatic heterocycles. The first-order valence-corrected chi connectivity index (χ1v) is 31.6. The maximum absolute atomic E-state index is 2.75. The number of anilines is 6. The average molecular weight is 1130 g/mol. The molecule has 0 saturated carbocycles. The van der Waals surface area contributed by atoms with Crippen LogP contribution in [-0.2, 0) is 17.3 Å². The van der Waals surface area contributed by atoms with Gasteiger partial charge in [-0.1, -0.05) is 261 Å². The van der Waals surface area contributed by atoms with Gasteiger partial charge in [0.1, 0.15) is 0 Å². The summed E-state index contributed by atoms with van der Waals surface area (Å²) in [5, 5.41) is 2.49. The van der Waals surface area contributed by atoms with Gasteiger partial charge in [0.25, 0.3) is 6.71 Å². The summed E-state index contributed by atoms with van der Waals surface area (Å²) in [6, 6.07) is 103. The first-order chi connectivity index (χ1) is 42.9. The van der Waals surface area contributed by atoms with Gasteiger partial charge >= 0.3 is 0 Å². The number of para-hydroxylation sites is 2. The second-order valence-electron chi connectivity index (χ2n) is 26.3. The van der Waals surface area contributed by atoms with Crippen molar-refractivity contribution in [1.29, 1.82) is 0 Å². The third-order valence-electron chi connectivity index (χ3n) is 18.6. The number of nitrogens with zero attached hydrogens (tertiary/aromatic N) is 3. The van der Waals surface area contributed by atoms with Crippen molar-refractivity contribution < 1.29 is 0 Å². The lowest BCUT2D eigenvalue weighted by atomic mass is 9.33.